The largest absolute Gasteiger partial charge is 0.490 e. The Morgan fingerprint density at radius 1 is 1.24 bits per heavy atom. The van der Waals surface area contributed by atoms with Crippen molar-refractivity contribution >= 4 is 33.0 Å². The molecule has 0 fully saturated rings. The number of anilines is 1. The van der Waals surface area contributed by atoms with Gasteiger partial charge >= 0.3 is 0 Å². The van der Waals surface area contributed by atoms with Gasteiger partial charge in [0.05, 0.1) is 24.3 Å². The number of rotatable bonds is 2. The van der Waals surface area contributed by atoms with Crippen LogP contribution in [-0.4, -0.2) is 32.3 Å². The molecule has 0 amide bonds. The summed E-state index contributed by atoms with van der Waals surface area (Å²) in [7, 11) is 1.74. The molecule has 0 aliphatic carbocycles. The van der Waals surface area contributed by atoms with Crippen molar-refractivity contribution in [2.75, 3.05) is 18.1 Å². The molecule has 1 aromatic carbocycles. The molecule has 4 heterocycles. The van der Waals surface area contributed by atoms with Crippen LogP contribution < -0.4 is 15.2 Å². The lowest BCUT2D eigenvalue weighted by molar-refractivity contribution is 0.306. The monoisotopic (exact) mass is 353 g/mol. The van der Waals surface area contributed by atoms with Gasteiger partial charge in [-0.25, -0.2) is 0 Å². The number of fused-ring (bicyclic) bond motifs is 4. The number of para-hydroxylation sites is 2. The van der Waals surface area contributed by atoms with E-state index in [4.69, 9.17) is 4.74 Å². The SMILES string of the molecule is Cn1c(=O)c2sccc2n2c(CN3CCOc4ccccc43)nnc12. The highest BCUT2D eigenvalue weighted by molar-refractivity contribution is 7.17. The van der Waals surface area contributed by atoms with Gasteiger partial charge in [-0.1, -0.05) is 12.1 Å². The van der Waals surface area contributed by atoms with Gasteiger partial charge in [0.2, 0.25) is 5.78 Å². The van der Waals surface area contributed by atoms with E-state index in [2.05, 4.69) is 15.1 Å². The predicted octanol–water partition coefficient (Wildman–Crippen LogP) is 2.04. The Morgan fingerprint density at radius 3 is 3.04 bits per heavy atom. The summed E-state index contributed by atoms with van der Waals surface area (Å²) in [6, 6.07) is 9.95. The summed E-state index contributed by atoms with van der Waals surface area (Å²) in [6.07, 6.45) is 0. The minimum absolute atomic E-state index is 0.0341. The zero-order valence-electron chi connectivity index (χ0n) is 13.5. The zero-order chi connectivity index (χ0) is 17.0. The third kappa shape index (κ3) is 2.07. The number of benzene rings is 1. The first-order valence-corrected chi connectivity index (χ1v) is 8.89. The topological polar surface area (TPSA) is 64.7 Å². The quantitative estimate of drug-likeness (QED) is 0.552. The summed E-state index contributed by atoms with van der Waals surface area (Å²) < 4.78 is 9.98. The van der Waals surface area contributed by atoms with Crippen molar-refractivity contribution in [3.05, 3.63) is 51.9 Å². The number of aryl methyl sites for hydroxylation is 1. The van der Waals surface area contributed by atoms with Crippen molar-refractivity contribution in [2.24, 2.45) is 7.05 Å². The van der Waals surface area contributed by atoms with Crippen LogP contribution in [0.1, 0.15) is 5.82 Å². The Morgan fingerprint density at radius 2 is 2.12 bits per heavy atom. The van der Waals surface area contributed by atoms with E-state index in [0.717, 1.165) is 34.0 Å². The minimum atomic E-state index is -0.0341. The second kappa shape index (κ2) is 5.32. The molecule has 1 aliphatic rings. The fraction of sp³-hybridized carbons (Fsp3) is 0.235. The maximum atomic E-state index is 12.4. The van der Waals surface area contributed by atoms with Crippen molar-refractivity contribution in [2.45, 2.75) is 6.54 Å². The lowest BCUT2D eigenvalue weighted by atomic mass is 10.2. The highest BCUT2D eigenvalue weighted by atomic mass is 32.1. The molecule has 5 rings (SSSR count). The van der Waals surface area contributed by atoms with Crippen LogP contribution in [0.5, 0.6) is 5.75 Å². The Labute approximate surface area is 146 Å². The summed E-state index contributed by atoms with van der Waals surface area (Å²) in [5.74, 6) is 2.26. The number of aromatic nitrogens is 4. The average molecular weight is 353 g/mol. The van der Waals surface area contributed by atoms with Gasteiger partial charge in [-0.05, 0) is 23.6 Å². The number of nitrogens with zero attached hydrogens (tertiary/aromatic N) is 5. The van der Waals surface area contributed by atoms with E-state index in [1.165, 1.54) is 11.3 Å². The second-order valence-electron chi connectivity index (χ2n) is 5.99. The van der Waals surface area contributed by atoms with Crippen molar-refractivity contribution in [3.8, 4) is 5.75 Å². The third-order valence-corrected chi connectivity index (χ3v) is 5.45. The van der Waals surface area contributed by atoms with E-state index in [1.54, 1.807) is 11.6 Å². The maximum absolute atomic E-state index is 12.4. The van der Waals surface area contributed by atoms with E-state index < -0.39 is 0 Å². The lowest BCUT2D eigenvalue weighted by Crippen LogP contribution is -2.33. The molecule has 0 atom stereocenters. The van der Waals surface area contributed by atoms with Crippen LogP contribution in [-0.2, 0) is 13.6 Å². The summed E-state index contributed by atoms with van der Waals surface area (Å²) in [4.78, 5) is 14.7. The van der Waals surface area contributed by atoms with Gasteiger partial charge in [-0.3, -0.25) is 13.8 Å². The minimum Gasteiger partial charge on any atom is -0.490 e. The van der Waals surface area contributed by atoms with Gasteiger partial charge in [-0.15, -0.1) is 21.5 Å². The number of ether oxygens (including phenoxy) is 1. The summed E-state index contributed by atoms with van der Waals surface area (Å²) >= 11 is 1.45. The lowest BCUT2D eigenvalue weighted by Gasteiger charge is -2.30. The maximum Gasteiger partial charge on any atom is 0.272 e. The Balaban J connectivity index is 1.67. The first-order chi connectivity index (χ1) is 12.2. The Bertz CT molecular complexity index is 1160. The molecular formula is C17H15N5O2S. The summed E-state index contributed by atoms with van der Waals surface area (Å²) in [5, 5.41) is 10.6. The van der Waals surface area contributed by atoms with Crippen LogP contribution in [0.15, 0.2) is 40.5 Å². The first-order valence-electron chi connectivity index (χ1n) is 8.01. The molecule has 0 saturated heterocycles. The van der Waals surface area contributed by atoms with Gasteiger partial charge in [0.25, 0.3) is 5.56 Å². The normalized spacial score (nSPS) is 14.0. The van der Waals surface area contributed by atoms with E-state index in [1.807, 2.05) is 40.1 Å². The van der Waals surface area contributed by atoms with Gasteiger partial charge in [-0.2, -0.15) is 0 Å². The van der Waals surface area contributed by atoms with Crippen LogP contribution >= 0.6 is 11.3 Å². The number of hydrogen-bond donors (Lipinski definition) is 0. The van der Waals surface area contributed by atoms with E-state index in [-0.39, 0.29) is 5.56 Å². The van der Waals surface area contributed by atoms with Gasteiger partial charge in [0.1, 0.15) is 17.1 Å². The highest BCUT2D eigenvalue weighted by Gasteiger charge is 2.21. The molecule has 0 N–H and O–H groups in total. The van der Waals surface area contributed by atoms with Crippen molar-refractivity contribution < 1.29 is 4.74 Å². The highest BCUT2D eigenvalue weighted by Crippen LogP contribution is 2.32. The van der Waals surface area contributed by atoms with Gasteiger partial charge in [0.15, 0.2) is 5.82 Å². The molecule has 126 valence electrons. The fourth-order valence-electron chi connectivity index (χ4n) is 3.32. The standard InChI is InChI=1S/C17H15N5O2S/c1-20-16(23)15-12(6-9-25-15)22-14(18-19-17(20)22)10-21-7-8-24-13-5-3-2-4-11(13)21/h2-6,9H,7-8,10H2,1H3. The Kier molecular flexibility index (Phi) is 3.08. The molecule has 1 aliphatic heterocycles. The molecule has 25 heavy (non-hydrogen) atoms. The molecule has 8 heteroatoms. The molecule has 0 spiro atoms. The van der Waals surface area contributed by atoms with Crippen LogP contribution in [0.4, 0.5) is 5.69 Å². The van der Waals surface area contributed by atoms with E-state index in [9.17, 15) is 4.79 Å². The number of thiophene rings is 1. The average Bonchev–Trinajstić information content (AvgIpc) is 3.27. The smallest absolute Gasteiger partial charge is 0.272 e. The van der Waals surface area contributed by atoms with Crippen LogP contribution in [0.3, 0.4) is 0 Å². The molecule has 0 unspecified atom stereocenters. The van der Waals surface area contributed by atoms with Gasteiger partial charge in [0, 0.05) is 7.05 Å². The molecule has 0 radical (unpaired) electrons. The summed E-state index contributed by atoms with van der Waals surface area (Å²) in [6.45, 7) is 2.02. The van der Waals surface area contributed by atoms with Crippen molar-refractivity contribution in [3.63, 3.8) is 0 Å². The zero-order valence-corrected chi connectivity index (χ0v) is 14.4. The molecule has 0 saturated carbocycles. The van der Waals surface area contributed by atoms with Crippen molar-refractivity contribution in [1.29, 1.82) is 0 Å². The summed E-state index contributed by atoms with van der Waals surface area (Å²) in [5.41, 5.74) is 1.88. The molecular weight excluding hydrogens is 338 g/mol. The fourth-order valence-corrected chi connectivity index (χ4v) is 4.17. The van der Waals surface area contributed by atoms with E-state index >= 15 is 0 Å². The van der Waals surface area contributed by atoms with Crippen LogP contribution in [0.2, 0.25) is 0 Å². The molecule has 4 aromatic rings. The third-order valence-electron chi connectivity index (χ3n) is 4.55. The number of hydrogen-bond acceptors (Lipinski definition) is 6. The van der Waals surface area contributed by atoms with Crippen molar-refractivity contribution in [1.82, 2.24) is 19.2 Å². The first kappa shape index (κ1) is 14.5. The molecule has 0 bridgehead atoms. The van der Waals surface area contributed by atoms with E-state index in [0.29, 0.717) is 18.9 Å². The van der Waals surface area contributed by atoms with Gasteiger partial charge < -0.3 is 9.64 Å². The Hall–Kier alpha value is -2.87. The second-order valence-corrected chi connectivity index (χ2v) is 6.90. The molecule has 7 nitrogen and oxygen atoms in total. The molecule has 3 aromatic heterocycles. The van der Waals surface area contributed by atoms with Crippen LogP contribution in [0.25, 0.3) is 16.0 Å². The van der Waals surface area contributed by atoms with Crippen LogP contribution in [0, 0.1) is 0 Å². The predicted molar refractivity (Wildman–Crippen MR) is 96.6 cm³/mol.